The van der Waals surface area contributed by atoms with Crippen LogP contribution in [-0.4, -0.2) is 12.8 Å². The van der Waals surface area contributed by atoms with Gasteiger partial charge >= 0.3 is 0 Å². The van der Waals surface area contributed by atoms with E-state index in [-0.39, 0.29) is 0 Å². The van der Waals surface area contributed by atoms with Crippen LogP contribution in [0.5, 0.6) is 0 Å². The number of nitrogen functional groups attached to an aromatic ring is 1. The molecule has 1 aromatic rings. The van der Waals surface area contributed by atoms with Crippen LogP contribution in [0.3, 0.4) is 0 Å². The molecule has 2 fully saturated rings. The lowest BCUT2D eigenvalue weighted by molar-refractivity contribution is 0.294. The van der Waals surface area contributed by atoms with Crippen molar-refractivity contribution in [2.24, 2.45) is 17.8 Å². The van der Waals surface area contributed by atoms with Gasteiger partial charge in [0.15, 0.2) is 0 Å². The minimum atomic E-state index is 0.653. The number of fused-ring (bicyclic) bond motifs is 7. The maximum absolute atomic E-state index is 7.68. The van der Waals surface area contributed by atoms with Gasteiger partial charge in [-0.2, -0.15) is 0 Å². The first-order chi connectivity index (χ1) is 8.79. The van der Waals surface area contributed by atoms with Crippen molar-refractivity contribution in [3.8, 4) is 0 Å². The Morgan fingerprint density at radius 2 is 2.11 bits per heavy atom. The minimum absolute atomic E-state index is 0.653. The van der Waals surface area contributed by atoms with Gasteiger partial charge in [0.05, 0.1) is 0 Å². The molecule has 0 aromatic heterocycles. The van der Waals surface area contributed by atoms with Crippen LogP contribution >= 0.6 is 0 Å². The highest BCUT2D eigenvalue weighted by Crippen LogP contribution is 2.60. The quantitative estimate of drug-likeness (QED) is 0.523. The number of anilines is 2. The molecule has 0 saturated heterocycles. The molecule has 4 atom stereocenters. The zero-order valence-corrected chi connectivity index (χ0v) is 10.4. The molecule has 2 aliphatic carbocycles. The largest absolute Gasteiger partial charge is 0.398 e. The van der Waals surface area contributed by atoms with Gasteiger partial charge in [0.1, 0.15) is 0 Å². The third-order valence-corrected chi connectivity index (χ3v) is 5.42. The smallest absolute Gasteiger partial charge is 0.0407 e. The molecule has 18 heavy (non-hydrogen) atoms. The lowest BCUT2D eigenvalue weighted by Crippen LogP contribution is -2.33. The van der Waals surface area contributed by atoms with Crippen LogP contribution in [0.15, 0.2) is 12.1 Å². The normalized spacial score (nSPS) is 35.8. The van der Waals surface area contributed by atoms with Crippen molar-refractivity contribution in [1.82, 2.24) is 0 Å². The molecule has 3 heteroatoms. The van der Waals surface area contributed by atoms with Gasteiger partial charge in [-0.1, -0.05) is 0 Å². The molecular weight excluding hydrogens is 222 g/mol. The number of nitrogens with one attached hydrogen (secondary N) is 2. The summed E-state index contributed by atoms with van der Waals surface area (Å²) in [6, 6.07) is 4.03. The molecule has 2 saturated carbocycles. The molecule has 2 bridgehead atoms. The molecule has 4 rings (SSSR count). The van der Waals surface area contributed by atoms with Crippen LogP contribution in [0.4, 0.5) is 11.4 Å². The number of hydrogen-bond donors (Lipinski definition) is 3. The SMILES string of the molecule is N=Cc1c(N)ccc2c1C1C3CC[C@H](C3)C1CN2. The average molecular weight is 241 g/mol. The summed E-state index contributed by atoms with van der Waals surface area (Å²) in [6.07, 6.45) is 5.62. The first-order valence-electron chi connectivity index (χ1n) is 6.96. The number of rotatable bonds is 1. The van der Waals surface area contributed by atoms with Gasteiger partial charge in [-0.05, 0) is 60.6 Å². The Kier molecular flexibility index (Phi) is 2.02. The van der Waals surface area contributed by atoms with Crippen molar-refractivity contribution in [2.75, 3.05) is 17.6 Å². The minimum Gasteiger partial charge on any atom is -0.398 e. The van der Waals surface area contributed by atoms with E-state index in [1.165, 1.54) is 36.7 Å². The van der Waals surface area contributed by atoms with Crippen LogP contribution in [0.2, 0.25) is 0 Å². The van der Waals surface area contributed by atoms with Crippen LogP contribution in [0.1, 0.15) is 36.3 Å². The van der Waals surface area contributed by atoms with E-state index in [9.17, 15) is 0 Å². The molecular formula is C15H19N3. The Bertz CT molecular complexity index is 523. The third kappa shape index (κ3) is 1.17. The summed E-state index contributed by atoms with van der Waals surface area (Å²) >= 11 is 0. The summed E-state index contributed by atoms with van der Waals surface area (Å²) in [5.74, 6) is 3.17. The van der Waals surface area contributed by atoms with Gasteiger partial charge in [-0.3, -0.25) is 0 Å². The van der Waals surface area contributed by atoms with E-state index < -0.39 is 0 Å². The van der Waals surface area contributed by atoms with E-state index >= 15 is 0 Å². The fourth-order valence-corrected chi connectivity index (χ4v) is 4.71. The van der Waals surface area contributed by atoms with Gasteiger partial charge in [0.2, 0.25) is 0 Å². The summed E-state index contributed by atoms with van der Waals surface area (Å²) in [6.45, 7) is 1.11. The first-order valence-corrected chi connectivity index (χ1v) is 6.96. The molecule has 94 valence electrons. The number of hydrogen-bond acceptors (Lipinski definition) is 3. The number of benzene rings is 1. The molecule has 0 amide bonds. The van der Waals surface area contributed by atoms with Crippen molar-refractivity contribution in [1.29, 1.82) is 5.41 Å². The Morgan fingerprint density at radius 3 is 2.94 bits per heavy atom. The van der Waals surface area contributed by atoms with E-state index in [4.69, 9.17) is 11.1 Å². The molecule has 1 heterocycles. The molecule has 3 nitrogen and oxygen atoms in total. The second-order valence-electron chi connectivity index (χ2n) is 6.08. The van der Waals surface area contributed by atoms with Crippen LogP contribution < -0.4 is 11.1 Å². The van der Waals surface area contributed by atoms with Crippen molar-refractivity contribution < 1.29 is 0 Å². The van der Waals surface area contributed by atoms with Crippen molar-refractivity contribution in [2.45, 2.75) is 25.2 Å². The van der Waals surface area contributed by atoms with Gasteiger partial charge in [-0.15, -0.1) is 0 Å². The predicted molar refractivity (Wildman–Crippen MR) is 74.3 cm³/mol. The zero-order chi connectivity index (χ0) is 12.3. The van der Waals surface area contributed by atoms with Crippen molar-refractivity contribution in [3.63, 3.8) is 0 Å². The average Bonchev–Trinajstić information content (AvgIpc) is 2.99. The lowest BCUT2D eigenvalue weighted by Gasteiger charge is -2.38. The molecule has 4 N–H and O–H groups in total. The Labute approximate surface area is 107 Å². The second kappa shape index (κ2) is 3.50. The second-order valence-corrected chi connectivity index (χ2v) is 6.08. The van der Waals surface area contributed by atoms with E-state index in [0.717, 1.165) is 35.5 Å². The van der Waals surface area contributed by atoms with E-state index in [2.05, 4.69) is 11.4 Å². The highest BCUT2D eigenvalue weighted by molar-refractivity contribution is 5.90. The fraction of sp³-hybridized carbons (Fsp3) is 0.533. The van der Waals surface area contributed by atoms with Crippen LogP contribution in [0.25, 0.3) is 0 Å². The zero-order valence-electron chi connectivity index (χ0n) is 10.4. The lowest BCUT2D eigenvalue weighted by atomic mass is 9.71. The summed E-state index contributed by atoms with van der Waals surface area (Å²) in [4.78, 5) is 0. The molecule has 1 aliphatic heterocycles. The third-order valence-electron chi connectivity index (χ3n) is 5.42. The van der Waals surface area contributed by atoms with Crippen molar-refractivity contribution >= 4 is 17.6 Å². The standard InChI is InChI=1S/C15H19N3/c16-6-10-12(17)3-4-13-15(10)14-9-2-1-8(5-9)11(14)7-18-13/h3-4,6,8-9,11,14,16,18H,1-2,5,7,17H2/t8-,9?,11?,14?/m1/s1. The van der Waals surface area contributed by atoms with Gasteiger partial charge in [0, 0.05) is 29.7 Å². The van der Waals surface area contributed by atoms with Gasteiger partial charge in [0.25, 0.3) is 0 Å². The highest BCUT2D eigenvalue weighted by Gasteiger charge is 2.50. The van der Waals surface area contributed by atoms with E-state index in [0.29, 0.717) is 5.92 Å². The van der Waals surface area contributed by atoms with Gasteiger partial charge in [-0.25, -0.2) is 0 Å². The molecule has 3 unspecified atom stereocenters. The van der Waals surface area contributed by atoms with Gasteiger partial charge < -0.3 is 16.5 Å². The van der Waals surface area contributed by atoms with Crippen LogP contribution in [-0.2, 0) is 0 Å². The Balaban J connectivity index is 1.91. The molecule has 1 aromatic carbocycles. The maximum Gasteiger partial charge on any atom is 0.0407 e. The Morgan fingerprint density at radius 1 is 1.28 bits per heavy atom. The predicted octanol–water partition coefficient (Wildman–Crippen LogP) is 2.82. The first kappa shape index (κ1) is 10.4. The van der Waals surface area contributed by atoms with E-state index in [1.807, 2.05) is 6.07 Å². The summed E-state index contributed by atoms with van der Waals surface area (Å²) < 4.78 is 0. The van der Waals surface area contributed by atoms with Crippen molar-refractivity contribution in [3.05, 3.63) is 23.3 Å². The summed E-state index contributed by atoms with van der Waals surface area (Å²) in [7, 11) is 0. The molecule has 0 radical (unpaired) electrons. The molecule has 3 aliphatic rings. The van der Waals surface area contributed by atoms with E-state index in [1.54, 1.807) is 0 Å². The molecule has 0 spiro atoms. The Hall–Kier alpha value is -1.51. The summed E-state index contributed by atoms with van der Waals surface area (Å²) in [5, 5.41) is 11.2. The fourth-order valence-electron chi connectivity index (χ4n) is 4.71. The monoisotopic (exact) mass is 241 g/mol. The highest BCUT2D eigenvalue weighted by atomic mass is 14.9. The topological polar surface area (TPSA) is 61.9 Å². The maximum atomic E-state index is 7.68. The summed E-state index contributed by atoms with van der Waals surface area (Å²) in [5.41, 5.74) is 10.3. The van der Waals surface area contributed by atoms with Crippen LogP contribution in [0, 0.1) is 23.2 Å². The number of nitrogens with two attached hydrogens (primary N) is 1.